The zero-order valence-electron chi connectivity index (χ0n) is 14.6. The summed E-state index contributed by atoms with van der Waals surface area (Å²) in [4.78, 5) is 23.9. The number of nitrogens with one attached hydrogen (secondary N) is 1. The number of aromatic amines is 1. The van der Waals surface area contributed by atoms with E-state index in [1.165, 1.54) is 6.92 Å². The van der Waals surface area contributed by atoms with Crippen molar-refractivity contribution in [3.63, 3.8) is 0 Å². The molecule has 3 rings (SSSR count). The van der Waals surface area contributed by atoms with Gasteiger partial charge in [-0.25, -0.2) is 4.98 Å². The summed E-state index contributed by atoms with van der Waals surface area (Å²) in [6.45, 7) is 5.80. The topological polar surface area (TPSA) is 70.1 Å². The lowest BCUT2D eigenvalue weighted by atomic mass is 10.1. The third-order valence-electron chi connectivity index (χ3n) is 4.64. The zero-order chi connectivity index (χ0) is 18.9. The van der Waals surface area contributed by atoms with Gasteiger partial charge in [0.25, 0.3) is 0 Å². The van der Waals surface area contributed by atoms with Crippen molar-refractivity contribution >= 4 is 5.91 Å². The number of hydrogen-bond donors (Lipinski definition) is 1. The molecule has 0 radical (unpaired) electrons. The third kappa shape index (κ3) is 3.74. The maximum atomic E-state index is 12.8. The molecule has 0 aliphatic carbocycles. The SMILES string of the molecule is CCN1CCN(C(=O)Cn2nc(C(F)(F)F)cc2C)CC1c1ncc[nH]1. The predicted molar refractivity (Wildman–Crippen MR) is 87.1 cm³/mol. The number of carbonyl (C=O) groups is 1. The van der Waals surface area contributed by atoms with Crippen molar-refractivity contribution < 1.29 is 18.0 Å². The lowest BCUT2D eigenvalue weighted by Crippen LogP contribution is -2.51. The molecule has 1 unspecified atom stereocenters. The summed E-state index contributed by atoms with van der Waals surface area (Å²) in [5.74, 6) is 0.524. The number of likely N-dealkylation sites (N-methyl/N-ethyl adjacent to an activating group) is 1. The number of hydrogen-bond acceptors (Lipinski definition) is 4. The van der Waals surface area contributed by atoms with Crippen molar-refractivity contribution in [3.05, 3.63) is 35.7 Å². The van der Waals surface area contributed by atoms with Gasteiger partial charge in [0.1, 0.15) is 12.4 Å². The quantitative estimate of drug-likeness (QED) is 0.892. The number of aryl methyl sites for hydroxylation is 1. The van der Waals surface area contributed by atoms with E-state index in [0.717, 1.165) is 23.1 Å². The first-order chi connectivity index (χ1) is 12.3. The van der Waals surface area contributed by atoms with Crippen LogP contribution in [0.1, 0.15) is 30.2 Å². The van der Waals surface area contributed by atoms with Crippen LogP contribution < -0.4 is 0 Å². The van der Waals surface area contributed by atoms with E-state index in [9.17, 15) is 18.0 Å². The van der Waals surface area contributed by atoms with Gasteiger partial charge in [-0.15, -0.1) is 0 Å². The molecule has 10 heteroatoms. The molecule has 0 saturated carbocycles. The summed E-state index contributed by atoms with van der Waals surface area (Å²) in [5, 5.41) is 3.53. The van der Waals surface area contributed by atoms with Crippen LogP contribution in [0.15, 0.2) is 18.5 Å². The fourth-order valence-corrected chi connectivity index (χ4v) is 3.18. The van der Waals surface area contributed by atoms with Crippen molar-refractivity contribution in [2.24, 2.45) is 0 Å². The lowest BCUT2D eigenvalue weighted by Gasteiger charge is -2.40. The van der Waals surface area contributed by atoms with Crippen LogP contribution in [0.25, 0.3) is 0 Å². The van der Waals surface area contributed by atoms with Crippen LogP contribution in [-0.4, -0.2) is 61.6 Å². The number of imidazole rings is 1. The highest BCUT2D eigenvalue weighted by Crippen LogP contribution is 2.28. The molecule has 7 nitrogen and oxygen atoms in total. The second kappa shape index (κ2) is 7.10. The Morgan fingerprint density at radius 1 is 1.38 bits per heavy atom. The Labute approximate surface area is 148 Å². The molecule has 142 valence electrons. The van der Waals surface area contributed by atoms with Crippen molar-refractivity contribution in [3.8, 4) is 0 Å². The van der Waals surface area contributed by atoms with Gasteiger partial charge < -0.3 is 9.88 Å². The molecule has 1 saturated heterocycles. The normalized spacial score (nSPS) is 19.1. The molecule has 0 bridgehead atoms. The molecule has 2 aromatic heterocycles. The first-order valence-electron chi connectivity index (χ1n) is 8.42. The van der Waals surface area contributed by atoms with E-state index in [2.05, 4.69) is 20.0 Å². The molecule has 1 aliphatic heterocycles. The predicted octanol–water partition coefficient (Wildman–Crippen LogP) is 1.84. The molecule has 0 aromatic carbocycles. The van der Waals surface area contributed by atoms with Crippen molar-refractivity contribution in [1.29, 1.82) is 0 Å². The molecule has 2 aromatic rings. The van der Waals surface area contributed by atoms with Crippen molar-refractivity contribution in [2.75, 3.05) is 26.2 Å². The lowest BCUT2D eigenvalue weighted by molar-refractivity contribution is -0.142. The largest absolute Gasteiger partial charge is 0.435 e. The number of aromatic nitrogens is 4. The fourth-order valence-electron chi connectivity index (χ4n) is 3.18. The molecule has 1 aliphatic rings. The van der Waals surface area contributed by atoms with Gasteiger partial charge in [-0.2, -0.15) is 18.3 Å². The van der Waals surface area contributed by atoms with Crippen molar-refractivity contribution in [1.82, 2.24) is 29.5 Å². The van der Waals surface area contributed by atoms with Gasteiger partial charge in [-0.05, 0) is 19.5 Å². The van der Waals surface area contributed by atoms with Gasteiger partial charge in [0.15, 0.2) is 5.69 Å². The average molecular weight is 370 g/mol. The van der Waals surface area contributed by atoms with Gasteiger partial charge in [0.05, 0.1) is 6.04 Å². The van der Waals surface area contributed by atoms with Gasteiger partial charge in [0.2, 0.25) is 5.91 Å². The Balaban J connectivity index is 1.71. The second-order valence-corrected chi connectivity index (χ2v) is 6.28. The number of nitrogens with zero attached hydrogens (tertiary/aromatic N) is 5. The van der Waals surface area contributed by atoms with Crippen LogP contribution >= 0.6 is 0 Å². The molecular formula is C16H21F3N6O. The van der Waals surface area contributed by atoms with Crippen molar-refractivity contribution in [2.45, 2.75) is 32.6 Å². The Kier molecular flexibility index (Phi) is 5.03. The van der Waals surface area contributed by atoms with E-state index in [0.29, 0.717) is 25.3 Å². The Morgan fingerprint density at radius 2 is 2.15 bits per heavy atom. The fraction of sp³-hybridized carbons (Fsp3) is 0.562. The van der Waals surface area contributed by atoms with Crippen LogP contribution in [0, 0.1) is 6.92 Å². The summed E-state index contributed by atoms with van der Waals surface area (Å²) < 4.78 is 39.4. The highest BCUT2D eigenvalue weighted by molar-refractivity contribution is 5.76. The number of carbonyl (C=O) groups excluding carboxylic acids is 1. The Hall–Kier alpha value is -2.36. The summed E-state index contributed by atoms with van der Waals surface area (Å²) in [6, 6.07) is 0.894. The highest BCUT2D eigenvalue weighted by atomic mass is 19.4. The standard InChI is InChI=1S/C16H21F3N6O/c1-3-23-6-7-24(9-12(23)15-20-4-5-21-15)14(26)10-25-11(2)8-13(22-25)16(17,18)19/h4-5,8,12H,3,6-7,9-10H2,1-2H3,(H,20,21). The number of amides is 1. The zero-order valence-corrected chi connectivity index (χ0v) is 14.6. The van der Waals surface area contributed by atoms with E-state index in [-0.39, 0.29) is 18.5 Å². The van der Waals surface area contributed by atoms with E-state index in [1.54, 1.807) is 17.3 Å². The first kappa shape index (κ1) is 18.4. The second-order valence-electron chi connectivity index (χ2n) is 6.28. The van der Waals surface area contributed by atoms with Crippen LogP contribution in [0.2, 0.25) is 0 Å². The van der Waals surface area contributed by atoms with Gasteiger partial charge in [0, 0.05) is 37.7 Å². The minimum Gasteiger partial charge on any atom is -0.347 e. The van der Waals surface area contributed by atoms with Gasteiger partial charge >= 0.3 is 6.18 Å². The first-order valence-corrected chi connectivity index (χ1v) is 8.42. The monoisotopic (exact) mass is 370 g/mol. The number of piperazine rings is 1. The maximum Gasteiger partial charge on any atom is 0.435 e. The minimum absolute atomic E-state index is 0.0582. The van der Waals surface area contributed by atoms with Gasteiger partial charge in [-0.1, -0.05) is 6.92 Å². The van der Waals surface area contributed by atoms with Crippen LogP contribution in [0.5, 0.6) is 0 Å². The Morgan fingerprint density at radius 3 is 2.73 bits per heavy atom. The summed E-state index contributed by atoms with van der Waals surface area (Å²) in [7, 11) is 0. The van der Waals surface area contributed by atoms with Crippen LogP contribution in [0.4, 0.5) is 13.2 Å². The molecule has 0 spiro atoms. The third-order valence-corrected chi connectivity index (χ3v) is 4.64. The van der Waals surface area contributed by atoms with Crippen LogP contribution in [-0.2, 0) is 17.5 Å². The van der Waals surface area contributed by atoms with E-state index >= 15 is 0 Å². The summed E-state index contributed by atoms with van der Waals surface area (Å²) in [5.41, 5.74) is -0.674. The molecule has 26 heavy (non-hydrogen) atoms. The number of H-pyrrole nitrogens is 1. The van der Waals surface area contributed by atoms with Crippen LogP contribution in [0.3, 0.4) is 0 Å². The highest BCUT2D eigenvalue weighted by Gasteiger charge is 2.35. The van der Waals surface area contributed by atoms with Gasteiger partial charge in [-0.3, -0.25) is 14.4 Å². The van der Waals surface area contributed by atoms with E-state index in [1.807, 2.05) is 6.92 Å². The summed E-state index contributed by atoms with van der Waals surface area (Å²) in [6.07, 6.45) is -1.12. The maximum absolute atomic E-state index is 12.8. The minimum atomic E-state index is -4.52. The molecular weight excluding hydrogens is 349 g/mol. The van der Waals surface area contributed by atoms with E-state index < -0.39 is 11.9 Å². The molecule has 1 atom stereocenters. The Bertz CT molecular complexity index is 755. The van der Waals surface area contributed by atoms with E-state index in [4.69, 9.17) is 0 Å². The average Bonchev–Trinajstić information content (AvgIpc) is 3.24. The molecule has 3 heterocycles. The number of alkyl halides is 3. The number of rotatable bonds is 4. The molecule has 1 fully saturated rings. The molecule has 1 N–H and O–H groups in total. The summed E-state index contributed by atoms with van der Waals surface area (Å²) >= 11 is 0. The number of halogens is 3. The molecule has 1 amide bonds. The smallest absolute Gasteiger partial charge is 0.347 e.